The summed E-state index contributed by atoms with van der Waals surface area (Å²) in [5.41, 5.74) is 1.20. The van der Waals surface area contributed by atoms with Crippen molar-refractivity contribution in [2.75, 3.05) is 20.3 Å². The Bertz CT molecular complexity index is 476. The van der Waals surface area contributed by atoms with E-state index in [1.54, 1.807) is 7.11 Å². The summed E-state index contributed by atoms with van der Waals surface area (Å²) in [4.78, 5) is 0. The molecule has 24 heavy (non-hydrogen) atoms. The first-order valence-electron chi connectivity index (χ1n) is 8.12. The molecule has 0 bridgehead atoms. The fraction of sp³-hybridized carbons (Fsp3) is 0.647. The van der Waals surface area contributed by atoms with Gasteiger partial charge in [0.1, 0.15) is 30.2 Å². The number of ether oxygens (including phenoxy) is 3. The molecule has 1 aliphatic rings. The van der Waals surface area contributed by atoms with Crippen molar-refractivity contribution in [1.29, 1.82) is 0 Å². The lowest BCUT2D eigenvalue weighted by Crippen LogP contribution is -2.59. The van der Waals surface area contributed by atoms with Crippen LogP contribution in [0.25, 0.3) is 0 Å². The SMILES string of the molecule is COc1ccc(CCCCO[C@H]2O[C@@H](CO)[C@H](O)[C@@H](O)[C@@H]2O)cc1. The average Bonchev–Trinajstić information content (AvgIpc) is 2.61. The van der Waals surface area contributed by atoms with Gasteiger partial charge in [-0.2, -0.15) is 0 Å². The molecule has 0 spiro atoms. The number of hydrogen-bond acceptors (Lipinski definition) is 7. The lowest BCUT2D eigenvalue weighted by atomic mass is 9.99. The molecule has 1 fully saturated rings. The molecule has 5 atom stereocenters. The van der Waals surface area contributed by atoms with E-state index in [0.29, 0.717) is 6.61 Å². The number of aliphatic hydroxyl groups is 4. The van der Waals surface area contributed by atoms with Crippen LogP contribution in [0.4, 0.5) is 0 Å². The minimum Gasteiger partial charge on any atom is -0.497 e. The van der Waals surface area contributed by atoms with Gasteiger partial charge in [-0.05, 0) is 37.0 Å². The van der Waals surface area contributed by atoms with Crippen LogP contribution >= 0.6 is 0 Å². The van der Waals surface area contributed by atoms with Gasteiger partial charge in [0.2, 0.25) is 0 Å². The Labute approximate surface area is 141 Å². The first kappa shape index (κ1) is 19.1. The van der Waals surface area contributed by atoms with Crippen molar-refractivity contribution in [3.05, 3.63) is 29.8 Å². The van der Waals surface area contributed by atoms with E-state index in [-0.39, 0.29) is 0 Å². The predicted octanol–water partition coefficient (Wildman–Crippen LogP) is -0.166. The van der Waals surface area contributed by atoms with Crippen molar-refractivity contribution in [3.63, 3.8) is 0 Å². The molecular formula is C17H26O7. The Balaban J connectivity index is 1.69. The van der Waals surface area contributed by atoms with E-state index in [4.69, 9.17) is 19.3 Å². The van der Waals surface area contributed by atoms with E-state index in [9.17, 15) is 15.3 Å². The maximum atomic E-state index is 9.85. The van der Waals surface area contributed by atoms with Crippen molar-refractivity contribution in [2.45, 2.75) is 50.0 Å². The first-order valence-corrected chi connectivity index (χ1v) is 8.12. The number of benzene rings is 1. The Morgan fingerprint density at radius 1 is 1.00 bits per heavy atom. The largest absolute Gasteiger partial charge is 0.497 e. The van der Waals surface area contributed by atoms with Crippen LogP contribution in [-0.2, 0) is 15.9 Å². The van der Waals surface area contributed by atoms with E-state index in [0.717, 1.165) is 25.0 Å². The monoisotopic (exact) mass is 342 g/mol. The zero-order chi connectivity index (χ0) is 17.5. The molecule has 1 aromatic rings. The highest BCUT2D eigenvalue weighted by Crippen LogP contribution is 2.22. The summed E-state index contributed by atoms with van der Waals surface area (Å²) in [6, 6.07) is 7.86. The molecule has 136 valence electrons. The van der Waals surface area contributed by atoms with Gasteiger partial charge in [-0.15, -0.1) is 0 Å². The average molecular weight is 342 g/mol. The van der Waals surface area contributed by atoms with Crippen LogP contribution in [-0.4, -0.2) is 71.5 Å². The van der Waals surface area contributed by atoms with E-state index < -0.39 is 37.3 Å². The highest BCUT2D eigenvalue weighted by atomic mass is 16.7. The Hall–Kier alpha value is -1.22. The van der Waals surface area contributed by atoms with Crippen LogP contribution < -0.4 is 4.74 Å². The Kier molecular flexibility index (Phi) is 7.41. The van der Waals surface area contributed by atoms with Gasteiger partial charge in [0.15, 0.2) is 6.29 Å². The molecule has 1 aromatic carbocycles. The second-order valence-electron chi connectivity index (χ2n) is 5.87. The molecule has 7 nitrogen and oxygen atoms in total. The molecule has 0 unspecified atom stereocenters. The van der Waals surface area contributed by atoms with Crippen molar-refractivity contribution in [1.82, 2.24) is 0 Å². The summed E-state index contributed by atoms with van der Waals surface area (Å²) in [7, 11) is 1.63. The number of methoxy groups -OCH3 is 1. The molecule has 1 aliphatic heterocycles. The quantitative estimate of drug-likeness (QED) is 0.486. The zero-order valence-corrected chi connectivity index (χ0v) is 13.7. The smallest absolute Gasteiger partial charge is 0.186 e. The number of aliphatic hydroxyl groups excluding tert-OH is 4. The maximum Gasteiger partial charge on any atom is 0.186 e. The summed E-state index contributed by atoms with van der Waals surface area (Å²) >= 11 is 0. The molecule has 4 N–H and O–H groups in total. The Morgan fingerprint density at radius 3 is 2.33 bits per heavy atom. The van der Waals surface area contributed by atoms with Crippen LogP contribution in [0.15, 0.2) is 24.3 Å². The van der Waals surface area contributed by atoms with Crippen molar-refractivity contribution in [2.24, 2.45) is 0 Å². The molecule has 0 aromatic heterocycles. The fourth-order valence-electron chi connectivity index (χ4n) is 2.63. The summed E-state index contributed by atoms with van der Waals surface area (Å²) in [6.07, 6.45) is -3.56. The summed E-state index contributed by atoms with van der Waals surface area (Å²) in [5.74, 6) is 0.824. The molecule has 0 aliphatic carbocycles. The van der Waals surface area contributed by atoms with Gasteiger partial charge in [0.25, 0.3) is 0 Å². The third kappa shape index (κ3) is 4.89. The lowest BCUT2D eigenvalue weighted by molar-refractivity contribution is -0.301. The van der Waals surface area contributed by atoms with Crippen LogP contribution in [0.3, 0.4) is 0 Å². The number of unbranched alkanes of at least 4 members (excludes halogenated alkanes) is 1. The topological polar surface area (TPSA) is 109 Å². The summed E-state index contributed by atoms with van der Waals surface area (Å²) < 4.78 is 15.8. The van der Waals surface area contributed by atoms with E-state index >= 15 is 0 Å². The van der Waals surface area contributed by atoms with E-state index in [2.05, 4.69) is 0 Å². The highest BCUT2D eigenvalue weighted by Gasteiger charge is 2.43. The molecule has 0 saturated carbocycles. The van der Waals surface area contributed by atoms with Gasteiger partial charge in [-0.25, -0.2) is 0 Å². The highest BCUT2D eigenvalue weighted by molar-refractivity contribution is 5.27. The number of aryl methyl sites for hydroxylation is 1. The van der Waals surface area contributed by atoms with Crippen molar-refractivity contribution in [3.8, 4) is 5.75 Å². The molecular weight excluding hydrogens is 316 g/mol. The molecule has 7 heteroatoms. The van der Waals surface area contributed by atoms with Crippen LogP contribution in [0.1, 0.15) is 18.4 Å². The van der Waals surface area contributed by atoms with Gasteiger partial charge < -0.3 is 34.6 Å². The molecule has 2 rings (SSSR count). The van der Waals surface area contributed by atoms with Gasteiger partial charge >= 0.3 is 0 Å². The molecule has 0 amide bonds. The minimum atomic E-state index is -1.40. The summed E-state index contributed by atoms with van der Waals surface area (Å²) in [6.45, 7) is -0.110. The Morgan fingerprint density at radius 2 is 1.71 bits per heavy atom. The third-order valence-electron chi connectivity index (χ3n) is 4.15. The summed E-state index contributed by atoms with van der Waals surface area (Å²) in [5, 5.41) is 38.3. The maximum absolute atomic E-state index is 9.85. The van der Waals surface area contributed by atoms with E-state index in [1.165, 1.54) is 5.56 Å². The minimum absolute atomic E-state index is 0.346. The van der Waals surface area contributed by atoms with Crippen molar-refractivity contribution >= 4 is 0 Å². The first-order chi connectivity index (χ1) is 11.6. The predicted molar refractivity (Wildman–Crippen MR) is 85.7 cm³/mol. The van der Waals surface area contributed by atoms with Gasteiger partial charge in [0.05, 0.1) is 13.7 Å². The fourth-order valence-corrected chi connectivity index (χ4v) is 2.63. The van der Waals surface area contributed by atoms with Crippen LogP contribution in [0, 0.1) is 0 Å². The third-order valence-corrected chi connectivity index (χ3v) is 4.15. The number of hydrogen-bond donors (Lipinski definition) is 4. The van der Waals surface area contributed by atoms with Gasteiger partial charge in [0, 0.05) is 6.61 Å². The van der Waals surface area contributed by atoms with Gasteiger partial charge in [-0.3, -0.25) is 0 Å². The standard InChI is InChI=1S/C17H26O7/c1-22-12-7-5-11(6-8-12)4-2-3-9-23-17-16(21)15(20)14(19)13(10-18)24-17/h5-8,13-21H,2-4,9-10H2,1H3/t13-,14-,15+,16-,17-/m0/s1. The van der Waals surface area contributed by atoms with Crippen LogP contribution in [0.5, 0.6) is 5.75 Å². The normalized spacial score (nSPS) is 30.3. The zero-order valence-electron chi connectivity index (χ0n) is 13.7. The van der Waals surface area contributed by atoms with Gasteiger partial charge in [-0.1, -0.05) is 12.1 Å². The van der Waals surface area contributed by atoms with Crippen molar-refractivity contribution < 1.29 is 34.6 Å². The van der Waals surface area contributed by atoms with Crippen LogP contribution in [0.2, 0.25) is 0 Å². The second-order valence-corrected chi connectivity index (χ2v) is 5.87. The lowest BCUT2D eigenvalue weighted by Gasteiger charge is -2.39. The number of rotatable bonds is 8. The second kappa shape index (κ2) is 9.31. The molecule has 1 saturated heterocycles. The molecule has 0 radical (unpaired) electrons. The molecule has 1 heterocycles. The van der Waals surface area contributed by atoms with E-state index in [1.807, 2.05) is 24.3 Å².